The lowest BCUT2D eigenvalue weighted by Crippen LogP contribution is -2.41. The molecule has 1 saturated heterocycles. The highest BCUT2D eigenvalue weighted by Crippen LogP contribution is 2.26. The summed E-state index contributed by atoms with van der Waals surface area (Å²) in [6, 6.07) is 7.59. The molecule has 0 aromatic heterocycles. The highest BCUT2D eigenvalue weighted by atomic mass is 35.5. The summed E-state index contributed by atoms with van der Waals surface area (Å²) in [6.07, 6.45) is 0.890. The molecule has 4 heteroatoms. The number of carbonyl (C=O) groups is 1. The van der Waals surface area contributed by atoms with Gasteiger partial charge in [0.05, 0.1) is 11.5 Å². The third-order valence-electron chi connectivity index (χ3n) is 3.61. The fourth-order valence-corrected chi connectivity index (χ4v) is 2.44. The van der Waals surface area contributed by atoms with E-state index in [1.807, 2.05) is 38.1 Å². The van der Waals surface area contributed by atoms with Gasteiger partial charge in [-0.3, -0.25) is 4.79 Å². The van der Waals surface area contributed by atoms with Gasteiger partial charge >= 0.3 is 0 Å². The Morgan fingerprint density at radius 1 is 1.56 bits per heavy atom. The minimum atomic E-state index is -0.285. The molecule has 2 N–H and O–H groups in total. The fourth-order valence-electron chi connectivity index (χ4n) is 2.24. The maximum Gasteiger partial charge on any atom is 0.227 e. The molecule has 0 spiro atoms. The van der Waals surface area contributed by atoms with Gasteiger partial charge in [0.2, 0.25) is 5.91 Å². The first-order valence-corrected chi connectivity index (χ1v) is 6.66. The van der Waals surface area contributed by atoms with Gasteiger partial charge in [-0.25, -0.2) is 0 Å². The smallest absolute Gasteiger partial charge is 0.227 e. The van der Waals surface area contributed by atoms with E-state index < -0.39 is 0 Å². The molecule has 1 aliphatic heterocycles. The maximum atomic E-state index is 12.3. The summed E-state index contributed by atoms with van der Waals surface area (Å²) in [4.78, 5) is 12.3. The van der Waals surface area contributed by atoms with Crippen LogP contribution in [0.1, 0.15) is 31.9 Å². The molecule has 1 fully saturated rings. The minimum absolute atomic E-state index is 0.0198. The summed E-state index contributed by atoms with van der Waals surface area (Å²) >= 11 is 5.96. The lowest BCUT2D eigenvalue weighted by atomic mass is 9.88. The molecule has 1 heterocycles. The number of hydrogen-bond acceptors (Lipinski definition) is 2. The van der Waals surface area contributed by atoms with Crippen molar-refractivity contribution in [2.24, 2.45) is 5.41 Å². The van der Waals surface area contributed by atoms with Crippen molar-refractivity contribution in [2.75, 3.05) is 13.1 Å². The molecule has 0 radical (unpaired) electrons. The van der Waals surface area contributed by atoms with Crippen LogP contribution in [-0.2, 0) is 4.79 Å². The summed E-state index contributed by atoms with van der Waals surface area (Å²) in [6.45, 7) is 5.65. The standard InChI is InChI=1S/C14H19ClN2O/c1-10(11-4-3-5-12(15)8-11)17-13(18)14(2)6-7-16-9-14/h3-5,8,10,16H,6-7,9H2,1-2H3,(H,17,18)/t10-,14?/m1/s1. The number of halogens is 1. The Morgan fingerprint density at radius 2 is 2.33 bits per heavy atom. The normalized spacial score (nSPS) is 24.8. The van der Waals surface area contributed by atoms with Gasteiger partial charge in [-0.05, 0) is 44.5 Å². The van der Waals surface area contributed by atoms with E-state index in [1.54, 1.807) is 0 Å². The molecule has 0 saturated carbocycles. The maximum absolute atomic E-state index is 12.3. The molecule has 98 valence electrons. The van der Waals surface area contributed by atoms with E-state index in [-0.39, 0.29) is 17.4 Å². The van der Waals surface area contributed by atoms with Crippen LogP contribution in [0.3, 0.4) is 0 Å². The van der Waals surface area contributed by atoms with Crippen LogP contribution in [0.2, 0.25) is 5.02 Å². The van der Waals surface area contributed by atoms with E-state index in [1.165, 1.54) is 0 Å². The second-order valence-electron chi connectivity index (χ2n) is 5.24. The minimum Gasteiger partial charge on any atom is -0.349 e. The predicted octanol–water partition coefficient (Wildman–Crippen LogP) is 2.52. The molecule has 0 aliphatic carbocycles. The van der Waals surface area contributed by atoms with E-state index in [0.717, 1.165) is 25.1 Å². The van der Waals surface area contributed by atoms with Gasteiger partial charge in [0.25, 0.3) is 0 Å². The fraction of sp³-hybridized carbons (Fsp3) is 0.500. The molecule has 0 bridgehead atoms. The number of amides is 1. The van der Waals surface area contributed by atoms with Crippen molar-refractivity contribution in [1.29, 1.82) is 0 Å². The molecule has 3 nitrogen and oxygen atoms in total. The molecular weight excluding hydrogens is 248 g/mol. The molecule has 1 aromatic carbocycles. The average Bonchev–Trinajstić information content (AvgIpc) is 2.77. The van der Waals surface area contributed by atoms with Crippen LogP contribution in [0, 0.1) is 5.41 Å². The third-order valence-corrected chi connectivity index (χ3v) is 3.85. The molecule has 1 aromatic rings. The Kier molecular flexibility index (Phi) is 3.93. The van der Waals surface area contributed by atoms with Crippen LogP contribution in [0.5, 0.6) is 0 Å². The number of benzene rings is 1. The van der Waals surface area contributed by atoms with E-state index >= 15 is 0 Å². The molecular formula is C14H19ClN2O. The first kappa shape index (κ1) is 13.4. The van der Waals surface area contributed by atoms with Crippen LogP contribution >= 0.6 is 11.6 Å². The van der Waals surface area contributed by atoms with Gasteiger partial charge in [0.15, 0.2) is 0 Å². The summed E-state index contributed by atoms with van der Waals surface area (Å²) in [5, 5.41) is 7.00. The van der Waals surface area contributed by atoms with Crippen LogP contribution in [0.25, 0.3) is 0 Å². The molecule has 1 unspecified atom stereocenters. The number of nitrogens with one attached hydrogen (secondary N) is 2. The number of rotatable bonds is 3. The first-order valence-electron chi connectivity index (χ1n) is 6.28. The van der Waals surface area contributed by atoms with Gasteiger partial charge in [0, 0.05) is 11.6 Å². The topological polar surface area (TPSA) is 41.1 Å². The average molecular weight is 267 g/mol. The van der Waals surface area contributed by atoms with Gasteiger partial charge in [-0.15, -0.1) is 0 Å². The Labute approximate surface area is 113 Å². The molecule has 2 rings (SSSR count). The van der Waals surface area contributed by atoms with E-state index in [0.29, 0.717) is 5.02 Å². The summed E-state index contributed by atoms with van der Waals surface area (Å²) in [5.74, 6) is 0.111. The van der Waals surface area contributed by atoms with E-state index in [4.69, 9.17) is 11.6 Å². The Morgan fingerprint density at radius 3 is 2.94 bits per heavy atom. The van der Waals surface area contributed by atoms with E-state index in [9.17, 15) is 4.79 Å². The molecule has 1 aliphatic rings. The van der Waals surface area contributed by atoms with Crippen molar-refractivity contribution >= 4 is 17.5 Å². The number of hydrogen-bond donors (Lipinski definition) is 2. The van der Waals surface area contributed by atoms with Gasteiger partial charge < -0.3 is 10.6 Å². The summed E-state index contributed by atoms with van der Waals surface area (Å²) in [5.41, 5.74) is 0.748. The number of carbonyl (C=O) groups excluding carboxylic acids is 1. The van der Waals surface area contributed by atoms with Crippen molar-refractivity contribution < 1.29 is 4.79 Å². The molecule has 18 heavy (non-hydrogen) atoms. The first-order chi connectivity index (χ1) is 8.51. The van der Waals surface area contributed by atoms with Crippen molar-refractivity contribution in [3.8, 4) is 0 Å². The summed E-state index contributed by atoms with van der Waals surface area (Å²) < 4.78 is 0. The zero-order valence-corrected chi connectivity index (χ0v) is 11.6. The Hall–Kier alpha value is -1.06. The van der Waals surface area contributed by atoms with Crippen molar-refractivity contribution in [3.05, 3.63) is 34.9 Å². The van der Waals surface area contributed by atoms with E-state index in [2.05, 4.69) is 10.6 Å². The predicted molar refractivity (Wildman–Crippen MR) is 73.6 cm³/mol. The van der Waals surface area contributed by atoms with Gasteiger partial charge in [0.1, 0.15) is 0 Å². The van der Waals surface area contributed by atoms with Crippen molar-refractivity contribution in [1.82, 2.24) is 10.6 Å². The van der Waals surface area contributed by atoms with Gasteiger partial charge in [-0.1, -0.05) is 23.7 Å². The second kappa shape index (κ2) is 5.29. The van der Waals surface area contributed by atoms with Crippen LogP contribution < -0.4 is 10.6 Å². The molecule has 1 amide bonds. The lowest BCUT2D eigenvalue weighted by Gasteiger charge is -2.24. The van der Waals surface area contributed by atoms with Crippen LogP contribution in [0.15, 0.2) is 24.3 Å². The van der Waals surface area contributed by atoms with Crippen LogP contribution in [-0.4, -0.2) is 19.0 Å². The van der Waals surface area contributed by atoms with Crippen molar-refractivity contribution in [2.45, 2.75) is 26.3 Å². The second-order valence-corrected chi connectivity index (χ2v) is 5.67. The van der Waals surface area contributed by atoms with Crippen LogP contribution in [0.4, 0.5) is 0 Å². The highest BCUT2D eigenvalue weighted by Gasteiger charge is 2.36. The SMILES string of the molecule is C[C@@H](NC(=O)C1(C)CCNC1)c1cccc(Cl)c1. The van der Waals surface area contributed by atoms with Gasteiger partial charge in [-0.2, -0.15) is 0 Å². The quantitative estimate of drug-likeness (QED) is 0.883. The largest absolute Gasteiger partial charge is 0.349 e. The zero-order valence-electron chi connectivity index (χ0n) is 10.8. The monoisotopic (exact) mass is 266 g/mol. The highest BCUT2D eigenvalue weighted by molar-refractivity contribution is 6.30. The Bertz CT molecular complexity index is 441. The Balaban J connectivity index is 2.03. The third kappa shape index (κ3) is 2.85. The molecule has 2 atom stereocenters. The summed E-state index contributed by atoms with van der Waals surface area (Å²) in [7, 11) is 0. The lowest BCUT2D eigenvalue weighted by molar-refractivity contribution is -0.129. The van der Waals surface area contributed by atoms with Crippen molar-refractivity contribution in [3.63, 3.8) is 0 Å². The zero-order chi connectivity index (χ0) is 13.2.